The van der Waals surface area contributed by atoms with Crippen LogP contribution in [0, 0.1) is 0 Å². The Morgan fingerprint density at radius 1 is 0.966 bits per heavy atom. The minimum atomic E-state index is -3.83. The fourth-order valence-corrected chi connectivity index (χ4v) is 4.92. The van der Waals surface area contributed by atoms with Crippen LogP contribution in [-0.2, 0) is 21.2 Å². The third kappa shape index (κ3) is 5.60. The molecule has 29 heavy (non-hydrogen) atoms. The molecule has 0 radical (unpaired) electrons. The van der Waals surface area contributed by atoms with Crippen molar-refractivity contribution in [3.63, 3.8) is 0 Å². The summed E-state index contributed by atoms with van der Waals surface area (Å²) in [5.41, 5.74) is 1.84. The number of hydrogen-bond donors (Lipinski definition) is 2. The summed E-state index contributed by atoms with van der Waals surface area (Å²) in [6.07, 6.45) is 0.197. The van der Waals surface area contributed by atoms with Crippen LogP contribution in [0.2, 0.25) is 0 Å². The van der Waals surface area contributed by atoms with E-state index in [4.69, 9.17) is 0 Å². The first kappa shape index (κ1) is 20.9. The van der Waals surface area contributed by atoms with E-state index in [2.05, 4.69) is 10.0 Å². The number of hydrogen-bond acceptors (Lipinski definition) is 5. The van der Waals surface area contributed by atoms with Gasteiger partial charge in [-0.2, -0.15) is 4.72 Å². The van der Waals surface area contributed by atoms with Gasteiger partial charge in [0.05, 0.1) is 0 Å². The van der Waals surface area contributed by atoms with E-state index in [0.29, 0.717) is 11.3 Å². The van der Waals surface area contributed by atoms with Crippen molar-refractivity contribution in [1.29, 1.82) is 0 Å². The van der Waals surface area contributed by atoms with E-state index in [-0.39, 0.29) is 16.4 Å². The largest absolute Gasteiger partial charge is 0.325 e. The number of sulfonamides is 1. The van der Waals surface area contributed by atoms with Gasteiger partial charge in [0, 0.05) is 11.3 Å². The smallest absolute Gasteiger partial charge is 0.250 e. The van der Waals surface area contributed by atoms with Crippen LogP contribution in [0.4, 0.5) is 5.69 Å². The maximum absolute atomic E-state index is 12.9. The molecular weight excluding hydrogens is 408 g/mol. The topological polar surface area (TPSA) is 92.3 Å². The van der Waals surface area contributed by atoms with Crippen LogP contribution in [0.3, 0.4) is 0 Å². The van der Waals surface area contributed by atoms with Gasteiger partial charge in [-0.3, -0.25) is 9.59 Å². The van der Waals surface area contributed by atoms with Gasteiger partial charge < -0.3 is 5.32 Å². The molecule has 8 heteroatoms. The third-order valence-electron chi connectivity index (χ3n) is 4.22. The van der Waals surface area contributed by atoms with Crippen LogP contribution in [0.15, 0.2) is 76.3 Å². The van der Waals surface area contributed by atoms with Crippen molar-refractivity contribution in [3.05, 3.63) is 83.2 Å². The Morgan fingerprint density at radius 3 is 2.24 bits per heavy atom. The standard InChI is InChI=1S/C21H20N2O4S2/c1-15(24)17-9-11-18(12-10-17)22-21(25)19(14-16-6-3-2-4-7-16)23-29(26,27)20-8-5-13-28-20/h2-13,19,23H,14H2,1H3,(H,22,25)/t19-/m1/s1. The number of carbonyl (C=O) groups excluding carboxylic acids is 2. The van der Waals surface area contributed by atoms with Gasteiger partial charge in [0.25, 0.3) is 10.0 Å². The highest BCUT2D eigenvalue weighted by molar-refractivity contribution is 7.91. The number of benzene rings is 2. The molecule has 1 amide bonds. The Labute approximate surface area is 173 Å². The van der Waals surface area contributed by atoms with Gasteiger partial charge in [0.2, 0.25) is 5.91 Å². The van der Waals surface area contributed by atoms with Crippen LogP contribution >= 0.6 is 11.3 Å². The van der Waals surface area contributed by atoms with Crippen molar-refractivity contribution in [2.24, 2.45) is 0 Å². The molecule has 0 saturated carbocycles. The van der Waals surface area contributed by atoms with Crippen LogP contribution in [0.1, 0.15) is 22.8 Å². The van der Waals surface area contributed by atoms with Gasteiger partial charge in [-0.1, -0.05) is 36.4 Å². The fourth-order valence-electron chi connectivity index (χ4n) is 2.72. The average Bonchev–Trinajstić information content (AvgIpc) is 3.24. The van der Waals surface area contributed by atoms with Crippen molar-refractivity contribution in [2.45, 2.75) is 23.6 Å². The number of ketones is 1. The van der Waals surface area contributed by atoms with Crippen LogP contribution in [-0.4, -0.2) is 26.2 Å². The summed E-state index contributed by atoms with van der Waals surface area (Å²) >= 11 is 1.08. The number of Topliss-reactive ketones (excluding diaryl/α,β-unsaturated/α-hetero) is 1. The van der Waals surface area contributed by atoms with Crippen LogP contribution in [0.5, 0.6) is 0 Å². The molecular formula is C21H20N2O4S2. The lowest BCUT2D eigenvalue weighted by Gasteiger charge is -2.18. The van der Waals surface area contributed by atoms with E-state index in [9.17, 15) is 18.0 Å². The molecule has 3 rings (SSSR count). The van der Waals surface area contributed by atoms with E-state index in [1.807, 2.05) is 30.3 Å². The predicted octanol–water partition coefficient (Wildman–Crippen LogP) is 3.48. The lowest BCUT2D eigenvalue weighted by molar-refractivity contribution is -0.117. The zero-order chi connectivity index (χ0) is 20.9. The number of anilines is 1. The van der Waals surface area contributed by atoms with Gasteiger partial charge in [-0.05, 0) is 54.6 Å². The molecule has 0 unspecified atom stereocenters. The van der Waals surface area contributed by atoms with E-state index in [0.717, 1.165) is 16.9 Å². The monoisotopic (exact) mass is 428 g/mol. The van der Waals surface area contributed by atoms with Crippen molar-refractivity contribution in [1.82, 2.24) is 4.72 Å². The summed E-state index contributed by atoms with van der Waals surface area (Å²) in [6.45, 7) is 1.46. The molecule has 0 aliphatic rings. The molecule has 3 aromatic rings. The number of rotatable bonds is 8. The number of thiophene rings is 1. The molecule has 0 bridgehead atoms. The second-order valence-corrected chi connectivity index (χ2v) is 9.31. The van der Waals surface area contributed by atoms with Gasteiger partial charge in [-0.25, -0.2) is 8.42 Å². The van der Waals surface area contributed by atoms with Crippen molar-refractivity contribution >= 4 is 38.7 Å². The molecule has 0 aliphatic carbocycles. The molecule has 0 spiro atoms. The first-order valence-electron chi connectivity index (χ1n) is 8.87. The normalized spacial score (nSPS) is 12.3. The maximum Gasteiger partial charge on any atom is 0.250 e. The minimum Gasteiger partial charge on any atom is -0.325 e. The molecule has 0 saturated heterocycles. The summed E-state index contributed by atoms with van der Waals surface area (Å²) in [7, 11) is -3.83. The molecule has 1 atom stereocenters. The highest BCUT2D eigenvalue weighted by atomic mass is 32.2. The Kier molecular flexibility index (Phi) is 6.58. The van der Waals surface area contributed by atoms with Crippen LogP contribution < -0.4 is 10.0 Å². The minimum absolute atomic E-state index is 0.0754. The third-order valence-corrected chi connectivity index (χ3v) is 7.08. The number of carbonyl (C=O) groups is 2. The second-order valence-electron chi connectivity index (χ2n) is 6.42. The zero-order valence-electron chi connectivity index (χ0n) is 15.7. The summed E-state index contributed by atoms with van der Waals surface area (Å²) in [6, 6.07) is 17.8. The summed E-state index contributed by atoms with van der Waals surface area (Å²) < 4.78 is 28.0. The highest BCUT2D eigenvalue weighted by Gasteiger charge is 2.26. The quantitative estimate of drug-likeness (QED) is 0.537. The van der Waals surface area contributed by atoms with Gasteiger partial charge in [0.1, 0.15) is 10.3 Å². The predicted molar refractivity (Wildman–Crippen MR) is 114 cm³/mol. The number of amides is 1. The zero-order valence-corrected chi connectivity index (χ0v) is 17.3. The van der Waals surface area contributed by atoms with E-state index in [1.54, 1.807) is 35.7 Å². The molecule has 2 aromatic carbocycles. The van der Waals surface area contributed by atoms with Crippen molar-refractivity contribution in [2.75, 3.05) is 5.32 Å². The first-order valence-corrected chi connectivity index (χ1v) is 11.2. The van der Waals surface area contributed by atoms with Crippen molar-refractivity contribution < 1.29 is 18.0 Å². The van der Waals surface area contributed by atoms with Crippen molar-refractivity contribution in [3.8, 4) is 0 Å². The molecule has 0 fully saturated rings. The maximum atomic E-state index is 12.9. The Bertz CT molecular complexity index is 1080. The Balaban J connectivity index is 1.81. The second kappa shape index (κ2) is 9.13. The lowest BCUT2D eigenvalue weighted by Crippen LogP contribution is -2.45. The summed E-state index contributed by atoms with van der Waals surface area (Å²) in [5, 5.41) is 4.39. The van der Waals surface area contributed by atoms with Gasteiger partial charge in [0.15, 0.2) is 5.78 Å². The molecule has 1 heterocycles. The molecule has 0 aliphatic heterocycles. The average molecular weight is 429 g/mol. The SMILES string of the molecule is CC(=O)c1ccc(NC(=O)[C@@H](Cc2ccccc2)NS(=O)(=O)c2cccs2)cc1. The fraction of sp³-hybridized carbons (Fsp3) is 0.143. The van der Waals surface area contributed by atoms with E-state index >= 15 is 0 Å². The number of nitrogens with one attached hydrogen (secondary N) is 2. The molecule has 150 valence electrons. The lowest BCUT2D eigenvalue weighted by atomic mass is 10.1. The molecule has 6 nitrogen and oxygen atoms in total. The Morgan fingerprint density at radius 2 is 1.66 bits per heavy atom. The van der Waals surface area contributed by atoms with Crippen LogP contribution in [0.25, 0.3) is 0 Å². The molecule has 2 N–H and O–H groups in total. The highest BCUT2D eigenvalue weighted by Crippen LogP contribution is 2.18. The van der Waals surface area contributed by atoms with E-state index in [1.165, 1.54) is 13.0 Å². The Hall–Kier alpha value is -2.81. The van der Waals surface area contributed by atoms with Gasteiger partial charge in [-0.15, -0.1) is 11.3 Å². The first-order chi connectivity index (χ1) is 13.8. The summed E-state index contributed by atoms with van der Waals surface area (Å²) in [5.74, 6) is -0.557. The molecule has 1 aromatic heterocycles. The van der Waals surface area contributed by atoms with Gasteiger partial charge >= 0.3 is 0 Å². The van der Waals surface area contributed by atoms with E-state index < -0.39 is 22.0 Å². The summed E-state index contributed by atoms with van der Waals surface area (Å²) in [4.78, 5) is 24.3.